The number of amides is 2. The molecular formula is C25H27FN3O2+. The third-order valence-electron chi connectivity index (χ3n) is 5.25. The van der Waals surface area contributed by atoms with Crippen molar-refractivity contribution in [2.75, 3.05) is 18.9 Å². The summed E-state index contributed by atoms with van der Waals surface area (Å²) in [5.41, 5.74) is 2.49. The number of nitrogens with one attached hydrogen (secondary N) is 3. The van der Waals surface area contributed by atoms with Gasteiger partial charge in [0.15, 0.2) is 12.6 Å². The van der Waals surface area contributed by atoms with E-state index in [1.54, 1.807) is 14.0 Å². The Labute approximate surface area is 181 Å². The van der Waals surface area contributed by atoms with Gasteiger partial charge >= 0.3 is 0 Å². The van der Waals surface area contributed by atoms with Gasteiger partial charge in [-0.3, -0.25) is 9.59 Å². The average Bonchev–Trinajstić information content (AvgIpc) is 2.79. The third-order valence-corrected chi connectivity index (χ3v) is 5.25. The number of rotatable bonds is 8. The quantitative estimate of drug-likeness (QED) is 0.525. The lowest BCUT2D eigenvalue weighted by Crippen LogP contribution is -3.15. The van der Waals surface area contributed by atoms with Crippen LogP contribution in [0.25, 0.3) is 0 Å². The summed E-state index contributed by atoms with van der Waals surface area (Å²) in [6.45, 7) is 1.90. The SMILES string of the molecule is C[C@@H](C(=O)NC(c1ccccc1)c1ccccc1)[NH+](C)CC(=O)Nc1ccc(F)cc1. The lowest BCUT2D eigenvalue weighted by molar-refractivity contribution is -0.885. The zero-order chi connectivity index (χ0) is 22.2. The minimum Gasteiger partial charge on any atom is -0.340 e. The van der Waals surface area contributed by atoms with Gasteiger partial charge in [-0.2, -0.15) is 0 Å². The maximum absolute atomic E-state index is 13.0. The number of benzene rings is 3. The normalized spacial score (nSPS) is 12.8. The molecule has 6 heteroatoms. The fourth-order valence-electron chi connectivity index (χ4n) is 3.29. The molecule has 3 aromatic carbocycles. The molecule has 3 rings (SSSR count). The van der Waals surface area contributed by atoms with Crippen LogP contribution in [0.3, 0.4) is 0 Å². The van der Waals surface area contributed by atoms with Gasteiger partial charge in [0.2, 0.25) is 0 Å². The van der Waals surface area contributed by atoms with E-state index in [1.807, 2.05) is 60.7 Å². The van der Waals surface area contributed by atoms with Crippen molar-refractivity contribution in [2.24, 2.45) is 0 Å². The van der Waals surface area contributed by atoms with E-state index in [0.29, 0.717) is 5.69 Å². The molecule has 2 amide bonds. The molecule has 5 nitrogen and oxygen atoms in total. The van der Waals surface area contributed by atoms with Crippen LogP contribution in [0.2, 0.25) is 0 Å². The van der Waals surface area contributed by atoms with Crippen LogP contribution >= 0.6 is 0 Å². The molecule has 0 aliphatic rings. The van der Waals surface area contributed by atoms with Gasteiger partial charge in [-0.15, -0.1) is 0 Å². The van der Waals surface area contributed by atoms with Crippen molar-refractivity contribution in [3.63, 3.8) is 0 Å². The first-order valence-electron chi connectivity index (χ1n) is 10.2. The number of halogens is 1. The lowest BCUT2D eigenvalue weighted by atomic mass is 9.98. The Kier molecular flexibility index (Phi) is 7.51. The molecule has 31 heavy (non-hydrogen) atoms. The highest BCUT2D eigenvalue weighted by Gasteiger charge is 2.27. The second kappa shape index (κ2) is 10.5. The van der Waals surface area contributed by atoms with E-state index in [-0.39, 0.29) is 30.2 Å². The highest BCUT2D eigenvalue weighted by molar-refractivity contribution is 5.91. The minimum atomic E-state index is -0.450. The summed E-state index contributed by atoms with van der Waals surface area (Å²) in [6, 6.07) is 24.4. The Morgan fingerprint density at radius 3 is 1.90 bits per heavy atom. The van der Waals surface area contributed by atoms with E-state index in [4.69, 9.17) is 0 Å². The van der Waals surface area contributed by atoms with E-state index in [1.165, 1.54) is 24.3 Å². The first-order chi connectivity index (χ1) is 14.9. The van der Waals surface area contributed by atoms with E-state index in [2.05, 4.69) is 10.6 Å². The molecule has 0 saturated heterocycles. The van der Waals surface area contributed by atoms with Gasteiger partial charge in [0.25, 0.3) is 11.8 Å². The van der Waals surface area contributed by atoms with E-state index in [9.17, 15) is 14.0 Å². The van der Waals surface area contributed by atoms with Crippen LogP contribution in [0, 0.1) is 5.82 Å². The summed E-state index contributed by atoms with van der Waals surface area (Å²) >= 11 is 0. The number of quaternary nitrogens is 1. The Hall–Kier alpha value is -3.51. The number of hydrogen-bond acceptors (Lipinski definition) is 2. The predicted molar refractivity (Wildman–Crippen MR) is 119 cm³/mol. The number of anilines is 1. The van der Waals surface area contributed by atoms with Crippen LogP contribution in [0.1, 0.15) is 24.1 Å². The minimum absolute atomic E-state index is 0.104. The third kappa shape index (κ3) is 6.23. The first-order valence-corrected chi connectivity index (χ1v) is 10.2. The summed E-state index contributed by atoms with van der Waals surface area (Å²) in [4.78, 5) is 26.1. The zero-order valence-electron chi connectivity index (χ0n) is 17.6. The van der Waals surface area contributed by atoms with Gasteiger partial charge in [-0.25, -0.2) is 4.39 Å². The van der Waals surface area contributed by atoms with E-state index >= 15 is 0 Å². The summed E-state index contributed by atoms with van der Waals surface area (Å²) < 4.78 is 13.0. The van der Waals surface area contributed by atoms with Crippen molar-refractivity contribution >= 4 is 17.5 Å². The Morgan fingerprint density at radius 2 is 1.39 bits per heavy atom. The molecule has 2 atom stereocenters. The molecule has 0 bridgehead atoms. The number of carbonyl (C=O) groups is 2. The number of hydrogen-bond donors (Lipinski definition) is 3. The van der Waals surface area contributed by atoms with Gasteiger partial charge in [-0.1, -0.05) is 60.7 Å². The smallest absolute Gasteiger partial charge is 0.279 e. The standard InChI is InChI=1S/C25H26FN3O2/c1-18(29(2)17-23(30)27-22-15-13-21(26)14-16-22)25(31)28-24(19-9-5-3-6-10-19)20-11-7-4-8-12-20/h3-16,18,24H,17H2,1-2H3,(H,27,30)(H,28,31)/p+1/t18-/m0/s1. The molecule has 0 aliphatic carbocycles. The molecule has 0 fully saturated rings. The van der Waals surface area contributed by atoms with Crippen molar-refractivity contribution in [1.82, 2.24) is 5.32 Å². The molecule has 0 aromatic heterocycles. The van der Waals surface area contributed by atoms with E-state index < -0.39 is 6.04 Å². The molecule has 160 valence electrons. The summed E-state index contributed by atoms with van der Waals surface area (Å²) in [5, 5.41) is 5.85. The average molecular weight is 421 g/mol. The predicted octanol–water partition coefficient (Wildman–Crippen LogP) is 2.57. The van der Waals surface area contributed by atoms with Crippen LogP contribution in [0.4, 0.5) is 10.1 Å². The highest BCUT2D eigenvalue weighted by atomic mass is 19.1. The molecule has 0 radical (unpaired) electrons. The second-order valence-corrected chi connectivity index (χ2v) is 7.56. The molecule has 3 N–H and O–H groups in total. The van der Waals surface area contributed by atoms with Crippen LogP contribution < -0.4 is 15.5 Å². The van der Waals surface area contributed by atoms with Gasteiger partial charge in [-0.05, 0) is 42.3 Å². The first kappa shape index (κ1) is 22.2. The lowest BCUT2D eigenvalue weighted by Gasteiger charge is -2.25. The molecular weight excluding hydrogens is 393 g/mol. The monoisotopic (exact) mass is 420 g/mol. The van der Waals surface area contributed by atoms with Gasteiger partial charge < -0.3 is 15.5 Å². The molecule has 1 unspecified atom stereocenters. The molecule has 3 aromatic rings. The van der Waals surface area contributed by atoms with Crippen LogP contribution in [-0.4, -0.2) is 31.4 Å². The Morgan fingerprint density at radius 1 is 0.871 bits per heavy atom. The summed E-state index contributed by atoms with van der Waals surface area (Å²) in [5.74, 6) is -0.756. The number of carbonyl (C=O) groups excluding carboxylic acids is 2. The Bertz CT molecular complexity index is 955. The maximum Gasteiger partial charge on any atom is 0.279 e. The Balaban J connectivity index is 1.64. The van der Waals surface area contributed by atoms with Crippen LogP contribution in [-0.2, 0) is 9.59 Å². The highest BCUT2D eigenvalue weighted by Crippen LogP contribution is 2.21. The van der Waals surface area contributed by atoms with E-state index in [0.717, 1.165) is 16.0 Å². The van der Waals surface area contributed by atoms with Crippen molar-refractivity contribution in [3.05, 3.63) is 102 Å². The van der Waals surface area contributed by atoms with Gasteiger partial charge in [0.05, 0.1) is 13.1 Å². The zero-order valence-corrected chi connectivity index (χ0v) is 17.6. The van der Waals surface area contributed by atoms with Crippen LogP contribution in [0.5, 0.6) is 0 Å². The maximum atomic E-state index is 13.0. The molecule has 0 saturated carbocycles. The van der Waals surface area contributed by atoms with Crippen molar-refractivity contribution in [3.8, 4) is 0 Å². The van der Waals surface area contributed by atoms with Gasteiger partial charge in [0.1, 0.15) is 5.82 Å². The van der Waals surface area contributed by atoms with Crippen molar-refractivity contribution < 1.29 is 18.9 Å². The fraction of sp³-hybridized carbons (Fsp3) is 0.200. The summed E-state index contributed by atoms with van der Waals surface area (Å²) in [7, 11) is 1.80. The van der Waals surface area contributed by atoms with Crippen molar-refractivity contribution in [2.45, 2.75) is 19.0 Å². The molecule has 0 spiro atoms. The number of likely N-dealkylation sites (N-methyl/N-ethyl adjacent to an activating group) is 1. The van der Waals surface area contributed by atoms with Crippen LogP contribution in [0.15, 0.2) is 84.9 Å². The van der Waals surface area contributed by atoms with Gasteiger partial charge in [0, 0.05) is 5.69 Å². The largest absolute Gasteiger partial charge is 0.340 e. The van der Waals surface area contributed by atoms with Crippen molar-refractivity contribution in [1.29, 1.82) is 0 Å². The topological polar surface area (TPSA) is 62.6 Å². The summed E-state index contributed by atoms with van der Waals surface area (Å²) in [6.07, 6.45) is 0. The molecule has 0 heterocycles. The molecule has 0 aliphatic heterocycles. The second-order valence-electron chi connectivity index (χ2n) is 7.56. The fourth-order valence-corrected chi connectivity index (χ4v) is 3.29.